The maximum Gasteiger partial charge on any atom is 2.00 e. The Bertz CT molecular complexity index is 240. The monoisotopic (exact) mass is 308 g/mol. The molecule has 1 aromatic rings. The quantitative estimate of drug-likeness (QED) is 0.275. The molecule has 0 amide bonds. The summed E-state index contributed by atoms with van der Waals surface area (Å²) in [5.41, 5.74) is 0. The molecule has 0 heterocycles. The Hall–Kier alpha value is -0.731. The molecule has 108 valence electrons. The van der Waals surface area contributed by atoms with Crippen molar-refractivity contribution in [1.82, 2.24) is 0 Å². The molecule has 0 aromatic heterocycles. The van der Waals surface area contributed by atoms with Gasteiger partial charge in [-0.05, 0) is 0 Å². The SMILES string of the molecule is [C-]#[O+].[C-]#[O+].[CH2-]COCC[N+](C)(C)C.[Fe+2].c1cc[cH-]c1. The average molecular weight is 308 g/mol. The summed E-state index contributed by atoms with van der Waals surface area (Å²) in [6, 6.07) is 10.0. The zero-order valence-corrected chi connectivity index (χ0v) is 12.8. The summed E-state index contributed by atoms with van der Waals surface area (Å²) in [4.78, 5) is 0. The van der Waals surface area contributed by atoms with Crippen LogP contribution in [0.25, 0.3) is 0 Å². The third-order valence-corrected chi connectivity index (χ3v) is 1.61. The minimum absolute atomic E-state index is 0. The van der Waals surface area contributed by atoms with Gasteiger partial charge in [-0.15, -0.1) is 0 Å². The Labute approximate surface area is 127 Å². The van der Waals surface area contributed by atoms with Gasteiger partial charge in [-0.2, -0.15) is 18.2 Å². The number of nitrogens with zero attached hydrogens (tertiary/aromatic N) is 1. The first-order valence-electron chi connectivity index (χ1n) is 5.31. The van der Waals surface area contributed by atoms with E-state index in [0.29, 0.717) is 6.61 Å². The second-order valence-corrected chi connectivity index (χ2v) is 4.09. The first kappa shape index (κ1) is 26.8. The molecule has 1 rings (SSSR count). The smallest absolute Gasteiger partial charge is 0.408 e. The van der Waals surface area contributed by atoms with E-state index >= 15 is 0 Å². The molecule has 0 saturated carbocycles. The van der Waals surface area contributed by atoms with Crippen molar-refractivity contribution in [2.45, 2.75) is 0 Å². The summed E-state index contributed by atoms with van der Waals surface area (Å²) in [7, 11) is 6.44. The molecule has 0 aliphatic heterocycles. The molecule has 0 radical (unpaired) electrons. The summed E-state index contributed by atoms with van der Waals surface area (Å²) < 4.78 is 21.0. The molecule has 0 saturated heterocycles. The van der Waals surface area contributed by atoms with Crippen molar-refractivity contribution in [3.8, 4) is 0 Å². The zero-order chi connectivity index (χ0) is 14.9. The van der Waals surface area contributed by atoms with E-state index < -0.39 is 0 Å². The molecule has 0 fully saturated rings. The predicted octanol–water partition coefficient (Wildman–Crippen LogP) is 1.87. The molecule has 0 spiro atoms. The third kappa shape index (κ3) is 38.2. The molecule has 5 heteroatoms. The minimum Gasteiger partial charge on any atom is -0.408 e. The van der Waals surface area contributed by atoms with E-state index in [1.807, 2.05) is 30.3 Å². The zero-order valence-electron chi connectivity index (χ0n) is 11.7. The largest absolute Gasteiger partial charge is 2.00 e. The van der Waals surface area contributed by atoms with E-state index in [4.69, 9.17) is 14.0 Å². The van der Waals surface area contributed by atoms with Gasteiger partial charge in [0.15, 0.2) is 0 Å². The fourth-order valence-electron chi connectivity index (χ4n) is 0.761. The Morgan fingerprint density at radius 2 is 1.53 bits per heavy atom. The van der Waals surface area contributed by atoms with Gasteiger partial charge in [-0.25, -0.2) is 12.1 Å². The van der Waals surface area contributed by atoms with Gasteiger partial charge in [0, 0.05) is 0 Å². The Kier molecular flexibility index (Phi) is 31.6. The van der Waals surface area contributed by atoms with Crippen LogP contribution in [0.1, 0.15) is 0 Å². The minimum atomic E-state index is 0. The number of likely N-dealkylation sites (N-methyl/N-ethyl adjacent to an activating group) is 1. The van der Waals surface area contributed by atoms with Crippen LogP contribution in [0.2, 0.25) is 0 Å². The van der Waals surface area contributed by atoms with E-state index in [9.17, 15) is 0 Å². The molecule has 0 aliphatic carbocycles. The molecule has 0 atom stereocenters. The maximum absolute atomic E-state index is 7.50. The summed E-state index contributed by atoms with van der Waals surface area (Å²) in [6.07, 6.45) is 0. The number of quaternary nitrogens is 1. The van der Waals surface area contributed by atoms with Crippen molar-refractivity contribution in [2.75, 3.05) is 40.9 Å². The van der Waals surface area contributed by atoms with E-state index in [-0.39, 0.29) is 17.1 Å². The topological polar surface area (TPSA) is 49.0 Å². The molecular weight excluding hydrogens is 286 g/mol. The second kappa shape index (κ2) is 22.4. The van der Waals surface area contributed by atoms with Gasteiger partial charge in [-0.3, -0.25) is 0 Å². The molecule has 0 aliphatic rings. The maximum atomic E-state index is 7.50. The van der Waals surface area contributed by atoms with Gasteiger partial charge in [-0.1, -0.05) is 6.61 Å². The van der Waals surface area contributed by atoms with Crippen LogP contribution in [-0.2, 0) is 31.1 Å². The van der Waals surface area contributed by atoms with Crippen molar-refractivity contribution in [1.29, 1.82) is 0 Å². The molecule has 0 N–H and O–H groups in total. The first-order valence-corrected chi connectivity index (χ1v) is 5.31. The number of ether oxygens (including phenoxy) is 1. The normalized spacial score (nSPS) is 8.00. The summed E-state index contributed by atoms with van der Waals surface area (Å²) in [5, 5.41) is 0. The molecular formula is C14H22FeNO3+. The van der Waals surface area contributed by atoms with Gasteiger partial charge in [0.05, 0.1) is 27.7 Å². The van der Waals surface area contributed by atoms with Crippen molar-refractivity contribution in [3.63, 3.8) is 0 Å². The Morgan fingerprint density at radius 1 is 1.11 bits per heavy atom. The van der Waals surface area contributed by atoms with Crippen molar-refractivity contribution in [2.24, 2.45) is 0 Å². The van der Waals surface area contributed by atoms with Gasteiger partial charge in [0.1, 0.15) is 6.54 Å². The average Bonchev–Trinajstić information content (AvgIpc) is 2.92. The van der Waals surface area contributed by atoms with Crippen LogP contribution in [-0.4, -0.2) is 45.4 Å². The Morgan fingerprint density at radius 3 is 1.74 bits per heavy atom. The standard InChI is InChI=1S/C7H17NO.C5H5.2CO.Fe/c1-5-9-7-6-8(2,3)4;1-2-4-5-3-1;2*1-2;/h1,5-7H2,2-4H3;1-5H;;;/q;-1;;;+2. The van der Waals surface area contributed by atoms with Crippen LogP contribution in [0.15, 0.2) is 30.3 Å². The first-order chi connectivity index (χ1) is 8.56. The predicted molar refractivity (Wildman–Crippen MR) is 69.0 cm³/mol. The van der Waals surface area contributed by atoms with Crippen molar-refractivity contribution < 1.29 is 35.6 Å². The number of rotatable bonds is 4. The van der Waals surface area contributed by atoms with Gasteiger partial charge < -0.3 is 16.1 Å². The van der Waals surface area contributed by atoms with Crippen LogP contribution < -0.4 is 0 Å². The molecule has 0 unspecified atom stereocenters. The van der Waals surface area contributed by atoms with E-state index in [1.54, 1.807) is 0 Å². The van der Waals surface area contributed by atoms with Crippen molar-refractivity contribution in [3.05, 3.63) is 50.6 Å². The van der Waals surface area contributed by atoms with E-state index in [2.05, 4.69) is 41.4 Å². The number of hydrogen-bond acceptors (Lipinski definition) is 1. The van der Waals surface area contributed by atoms with E-state index in [1.165, 1.54) is 0 Å². The number of hydrogen-bond donors (Lipinski definition) is 0. The fourth-order valence-corrected chi connectivity index (χ4v) is 0.761. The van der Waals surface area contributed by atoms with Crippen LogP contribution in [0.5, 0.6) is 0 Å². The summed E-state index contributed by atoms with van der Waals surface area (Å²) in [5.74, 6) is 0. The van der Waals surface area contributed by atoms with E-state index in [0.717, 1.165) is 17.6 Å². The van der Waals surface area contributed by atoms with Crippen LogP contribution in [0.3, 0.4) is 0 Å². The third-order valence-electron chi connectivity index (χ3n) is 1.61. The fraction of sp³-hybridized carbons (Fsp3) is 0.429. The molecule has 0 bridgehead atoms. The van der Waals surface area contributed by atoms with Gasteiger partial charge >= 0.3 is 39.7 Å². The summed E-state index contributed by atoms with van der Waals surface area (Å²) in [6.45, 7) is 15.0. The Balaban J connectivity index is -0.0000000956. The molecule has 4 nitrogen and oxygen atoms in total. The molecule has 1 aromatic carbocycles. The van der Waals surface area contributed by atoms with Gasteiger partial charge in [0.2, 0.25) is 0 Å². The van der Waals surface area contributed by atoms with Gasteiger partial charge in [0.25, 0.3) is 0 Å². The van der Waals surface area contributed by atoms with Crippen molar-refractivity contribution >= 4 is 0 Å². The van der Waals surface area contributed by atoms with Crippen LogP contribution in [0.4, 0.5) is 0 Å². The van der Waals surface area contributed by atoms with Crippen LogP contribution in [0, 0.1) is 20.2 Å². The summed E-state index contributed by atoms with van der Waals surface area (Å²) >= 11 is 0. The second-order valence-electron chi connectivity index (χ2n) is 4.09. The van der Waals surface area contributed by atoms with Crippen LogP contribution >= 0.6 is 0 Å². The molecule has 19 heavy (non-hydrogen) atoms.